The monoisotopic (exact) mass is 328 g/mol. The summed E-state index contributed by atoms with van der Waals surface area (Å²) in [6.07, 6.45) is 0.636. The van der Waals surface area contributed by atoms with Crippen molar-refractivity contribution in [1.82, 2.24) is 0 Å². The van der Waals surface area contributed by atoms with E-state index in [0.29, 0.717) is 31.0 Å². The predicted octanol–water partition coefficient (Wildman–Crippen LogP) is 2.79. The number of carbonyl (C=O) groups is 1. The molecule has 0 radical (unpaired) electrons. The second-order valence-corrected chi connectivity index (χ2v) is 5.26. The van der Waals surface area contributed by atoms with Crippen molar-refractivity contribution in [3.05, 3.63) is 58.6 Å². The van der Waals surface area contributed by atoms with Gasteiger partial charge in [-0.3, -0.25) is 14.9 Å². The number of nitrogens with zero attached hydrogens (tertiary/aromatic N) is 2. The predicted molar refractivity (Wildman–Crippen MR) is 87.5 cm³/mol. The van der Waals surface area contributed by atoms with Gasteiger partial charge in [-0.25, -0.2) is 0 Å². The van der Waals surface area contributed by atoms with Crippen molar-refractivity contribution in [3.63, 3.8) is 0 Å². The Balaban J connectivity index is 1.63. The summed E-state index contributed by atoms with van der Waals surface area (Å²) >= 11 is 0. The highest BCUT2D eigenvalue weighted by Crippen LogP contribution is 2.35. The highest BCUT2D eigenvalue weighted by atomic mass is 16.6. The number of ether oxygens (including phenoxy) is 2. The van der Waals surface area contributed by atoms with Crippen LogP contribution in [-0.4, -0.2) is 30.6 Å². The summed E-state index contributed by atoms with van der Waals surface area (Å²) in [5.74, 6) is 0.964. The summed E-state index contributed by atoms with van der Waals surface area (Å²) in [7, 11) is 0. The van der Waals surface area contributed by atoms with Crippen LogP contribution in [0.5, 0.6) is 11.5 Å². The van der Waals surface area contributed by atoms with E-state index in [-0.39, 0.29) is 18.2 Å². The molecule has 24 heavy (non-hydrogen) atoms. The van der Waals surface area contributed by atoms with Crippen molar-refractivity contribution < 1.29 is 19.2 Å². The average Bonchev–Trinajstić information content (AvgIpc) is 2.60. The van der Waals surface area contributed by atoms with Crippen LogP contribution in [0.25, 0.3) is 0 Å². The number of para-hydroxylation sites is 1. The Labute approximate surface area is 138 Å². The Kier molecular flexibility index (Phi) is 4.60. The third-order valence-corrected chi connectivity index (χ3v) is 3.64. The summed E-state index contributed by atoms with van der Waals surface area (Å²) in [6.45, 7) is 0.810. The van der Waals surface area contributed by atoms with Gasteiger partial charge in [0.05, 0.1) is 23.3 Å². The SMILES string of the molecule is O=C1COc2cc([N+](=O)[O-])ccc2N1CCCOc1ccccc1. The van der Waals surface area contributed by atoms with Crippen LogP contribution in [0.2, 0.25) is 0 Å². The van der Waals surface area contributed by atoms with Gasteiger partial charge in [0, 0.05) is 12.6 Å². The van der Waals surface area contributed by atoms with Gasteiger partial charge in [0.25, 0.3) is 11.6 Å². The van der Waals surface area contributed by atoms with Crippen LogP contribution in [-0.2, 0) is 4.79 Å². The summed E-state index contributed by atoms with van der Waals surface area (Å²) in [6, 6.07) is 13.7. The largest absolute Gasteiger partial charge is 0.494 e. The third kappa shape index (κ3) is 3.45. The van der Waals surface area contributed by atoms with Gasteiger partial charge in [-0.2, -0.15) is 0 Å². The van der Waals surface area contributed by atoms with E-state index >= 15 is 0 Å². The van der Waals surface area contributed by atoms with Gasteiger partial charge in [-0.15, -0.1) is 0 Å². The first kappa shape index (κ1) is 15.8. The number of non-ortho nitro benzene ring substituents is 1. The standard InChI is InChI=1S/C17H16N2O5/c20-17-12-24-16-11-13(19(21)22)7-8-15(16)18(17)9-4-10-23-14-5-2-1-3-6-14/h1-3,5-8,11H,4,9-10,12H2. The molecule has 0 saturated carbocycles. The molecule has 7 nitrogen and oxygen atoms in total. The van der Waals surface area contributed by atoms with Crippen molar-refractivity contribution in [1.29, 1.82) is 0 Å². The second kappa shape index (κ2) is 6.99. The van der Waals surface area contributed by atoms with E-state index in [4.69, 9.17) is 9.47 Å². The molecule has 0 bridgehead atoms. The molecule has 1 aliphatic rings. The Morgan fingerprint density at radius 1 is 1.21 bits per heavy atom. The molecule has 2 aromatic carbocycles. The first-order valence-electron chi connectivity index (χ1n) is 7.54. The van der Waals surface area contributed by atoms with Gasteiger partial charge in [0.1, 0.15) is 5.75 Å². The first-order valence-corrected chi connectivity index (χ1v) is 7.54. The lowest BCUT2D eigenvalue weighted by molar-refractivity contribution is -0.384. The maximum atomic E-state index is 12.1. The minimum Gasteiger partial charge on any atom is -0.494 e. The van der Waals surface area contributed by atoms with E-state index in [1.165, 1.54) is 12.1 Å². The molecule has 3 rings (SSSR count). The van der Waals surface area contributed by atoms with Crippen molar-refractivity contribution in [3.8, 4) is 11.5 Å². The Morgan fingerprint density at radius 2 is 2.00 bits per heavy atom. The first-order chi connectivity index (χ1) is 11.6. The summed E-state index contributed by atoms with van der Waals surface area (Å²) in [4.78, 5) is 24.0. The Bertz CT molecular complexity index is 748. The molecule has 0 aromatic heterocycles. The number of rotatable bonds is 6. The second-order valence-electron chi connectivity index (χ2n) is 5.26. The average molecular weight is 328 g/mol. The van der Waals surface area contributed by atoms with Crippen molar-refractivity contribution in [2.24, 2.45) is 0 Å². The molecule has 0 N–H and O–H groups in total. The number of nitro benzene ring substituents is 1. The minimum atomic E-state index is -0.488. The smallest absolute Gasteiger partial charge is 0.273 e. The van der Waals surface area contributed by atoms with Crippen molar-refractivity contribution in [2.75, 3.05) is 24.7 Å². The zero-order chi connectivity index (χ0) is 16.9. The topological polar surface area (TPSA) is 81.9 Å². The number of carbonyl (C=O) groups excluding carboxylic acids is 1. The van der Waals surface area contributed by atoms with Gasteiger partial charge >= 0.3 is 0 Å². The zero-order valence-corrected chi connectivity index (χ0v) is 12.9. The van der Waals surface area contributed by atoms with Crippen molar-refractivity contribution in [2.45, 2.75) is 6.42 Å². The highest BCUT2D eigenvalue weighted by Gasteiger charge is 2.26. The molecule has 0 saturated heterocycles. The highest BCUT2D eigenvalue weighted by molar-refractivity contribution is 5.98. The molecule has 0 unspecified atom stereocenters. The van der Waals surface area contributed by atoms with Gasteiger partial charge in [-0.05, 0) is 24.6 Å². The van der Waals surface area contributed by atoms with Crippen LogP contribution in [0, 0.1) is 10.1 Å². The van der Waals surface area contributed by atoms with E-state index in [2.05, 4.69) is 0 Å². The number of nitro groups is 1. The number of fused-ring (bicyclic) bond motifs is 1. The maximum absolute atomic E-state index is 12.1. The number of benzene rings is 2. The summed E-state index contributed by atoms with van der Waals surface area (Å²) < 4.78 is 10.9. The third-order valence-electron chi connectivity index (χ3n) is 3.64. The van der Waals surface area contributed by atoms with Crippen LogP contribution in [0.4, 0.5) is 11.4 Å². The van der Waals surface area contributed by atoms with Crippen LogP contribution in [0.1, 0.15) is 6.42 Å². The van der Waals surface area contributed by atoms with Gasteiger partial charge in [0.15, 0.2) is 12.4 Å². The maximum Gasteiger partial charge on any atom is 0.273 e. The fourth-order valence-corrected chi connectivity index (χ4v) is 2.48. The molecular formula is C17H16N2O5. The molecule has 0 spiro atoms. The van der Waals surface area contributed by atoms with Crippen LogP contribution in [0.15, 0.2) is 48.5 Å². The lowest BCUT2D eigenvalue weighted by atomic mass is 10.2. The molecule has 124 valence electrons. The number of anilines is 1. The Hall–Kier alpha value is -3.09. The molecule has 0 fully saturated rings. The number of hydrogen-bond acceptors (Lipinski definition) is 5. The molecule has 1 aliphatic heterocycles. The Morgan fingerprint density at radius 3 is 2.75 bits per heavy atom. The zero-order valence-electron chi connectivity index (χ0n) is 12.9. The van der Waals surface area contributed by atoms with E-state index < -0.39 is 4.92 Å². The quantitative estimate of drug-likeness (QED) is 0.463. The molecule has 0 aliphatic carbocycles. The van der Waals surface area contributed by atoms with E-state index in [9.17, 15) is 14.9 Å². The van der Waals surface area contributed by atoms with Gasteiger partial charge < -0.3 is 14.4 Å². The van der Waals surface area contributed by atoms with Gasteiger partial charge in [-0.1, -0.05) is 18.2 Å². The van der Waals surface area contributed by atoms with Crippen LogP contribution < -0.4 is 14.4 Å². The molecule has 0 atom stereocenters. The molecular weight excluding hydrogens is 312 g/mol. The van der Waals surface area contributed by atoms with E-state index in [1.54, 1.807) is 11.0 Å². The summed E-state index contributed by atoms with van der Waals surface area (Å²) in [5.41, 5.74) is 0.493. The van der Waals surface area contributed by atoms with E-state index in [0.717, 1.165) is 5.75 Å². The number of hydrogen-bond donors (Lipinski definition) is 0. The summed E-state index contributed by atoms with van der Waals surface area (Å²) in [5, 5.41) is 10.8. The molecule has 1 heterocycles. The fraction of sp³-hybridized carbons (Fsp3) is 0.235. The van der Waals surface area contributed by atoms with Crippen LogP contribution in [0.3, 0.4) is 0 Å². The number of amides is 1. The minimum absolute atomic E-state index is 0.0598. The van der Waals surface area contributed by atoms with E-state index in [1.807, 2.05) is 30.3 Å². The van der Waals surface area contributed by atoms with Crippen molar-refractivity contribution >= 4 is 17.3 Å². The van der Waals surface area contributed by atoms with Gasteiger partial charge in [0.2, 0.25) is 0 Å². The van der Waals surface area contributed by atoms with Crippen LogP contribution >= 0.6 is 0 Å². The normalized spacial score (nSPS) is 13.2. The fourth-order valence-electron chi connectivity index (χ4n) is 2.48. The lowest BCUT2D eigenvalue weighted by Crippen LogP contribution is -2.39. The lowest BCUT2D eigenvalue weighted by Gasteiger charge is -2.29. The molecule has 1 amide bonds. The molecule has 7 heteroatoms. The molecule has 2 aromatic rings.